The van der Waals surface area contributed by atoms with Crippen LogP contribution in [0.25, 0.3) is 0 Å². The van der Waals surface area contributed by atoms with Crippen LogP contribution in [0.3, 0.4) is 0 Å². The molecule has 0 aromatic heterocycles. The molecule has 0 fully saturated rings. The van der Waals surface area contributed by atoms with Crippen LogP contribution in [0.4, 0.5) is 0 Å². The maximum atomic E-state index is 10.4. The Balaban J connectivity index is 2.72. The van der Waals surface area contributed by atoms with Crippen molar-refractivity contribution in [3.8, 4) is 5.75 Å². The quantitative estimate of drug-likeness (QED) is 0.516. The lowest BCUT2D eigenvalue weighted by atomic mass is 10.1. The van der Waals surface area contributed by atoms with Crippen LogP contribution in [0.5, 0.6) is 5.75 Å². The topological polar surface area (TPSA) is 35.5 Å². The molecule has 0 N–H and O–H groups in total. The van der Waals surface area contributed by atoms with E-state index >= 15 is 0 Å². The minimum Gasteiger partial charge on any atom is -0.287 e. The van der Waals surface area contributed by atoms with Crippen molar-refractivity contribution < 1.29 is 14.6 Å². The number of carbonyl (C=O) groups excluding carboxylic acids is 1. The molecule has 0 spiro atoms. The van der Waals surface area contributed by atoms with E-state index in [1.807, 2.05) is 26.0 Å². The summed E-state index contributed by atoms with van der Waals surface area (Å²) in [6.45, 7) is 5.18. The molecule has 13 heavy (non-hydrogen) atoms. The van der Waals surface area contributed by atoms with E-state index < -0.39 is 5.97 Å². The number of aryl methyl sites for hydroxylation is 2. The summed E-state index contributed by atoms with van der Waals surface area (Å²) in [7, 11) is 0. The third-order valence-electron chi connectivity index (χ3n) is 1.58. The fourth-order valence-electron chi connectivity index (χ4n) is 0.996. The lowest BCUT2D eigenvalue weighted by Crippen LogP contribution is -2.03. The molecule has 1 rings (SSSR count). The molecule has 0 aliphatic rings. The van der Waals surface area contributed by atoms with Gasteiger partial charge in [0.25, 0.3) is 0 Å². The van der Waals surface area contributed by atoms with Gasteiger partial charge in [-0.1, -0.05) is 17.7 Å². The van der Waals surface area contributed by atoms with Gasteiger partial charge >= 0.3 is 5.97 Å². The first-order valence-corrected chi connectivity index (χ1v) is 4.02. The molecule has 0 radical (unpaired) electrons. The molecule has 1 aromatic carbocycles. The SMILES string of the molecule is CC(=O)OOc1ccc(C)cc1C. The zero-order chi connectivity index (χ0) is 9.84. The van der Waals surface area contributed by atoms with Crippen molar-refractivity contribution in [3.63, 3.8) is 0 Å². The predicted molar refractivity (Wildman–Crippen MR) is 48.3 cm³/mol. The van der Waals surface area contributed by atoms with E-state index in [1.165, 1.54) is 6.92 Å². The molecular weight excluding hydrogens is 168 g/mol. The zero-order valence-electron chi connectivity index (χ0n) is 7.96. The molecule has 70 valence electrons. The van der Waals surface area contributed by atoms with Crippen LogP contribution in [-0.4, -0.2) is 5.97 Å². The van der Waals surface area contributed by atoms with E-state index in [2.05, 4.69) is 4.89 Å². The van der Waals surface area contributed by atoms with Gasteiger partial charge in [0.05, 0.1) is 0 Å². The van der Waals surface area contributed by atoms with Crippen LogP contribution >= 0.6 is 0 Å². The smallest absolute Gasteiger partial charge is 0.287 e. The Hall–Kier alpha value is -1.51. The Bertz CT molecular complexity index is 318. The molecule has 0 saturated heterocycles. The van der Waals surface area contributed by atoms with Gasteiger partial charge in [-0.15, -0.1) is 0 Å². The summed E-state index contributed by atoms with van der Waals surface area (Å²) < 4.78 is 0. The molecule has 0 atom stereocenters. The van der Waals surface area contributed by atoms with Gasteiger partial charge in [0.2, 0.25) is 0 Å². The molecule has 0 aliphatic heterocycles. The number of hydrogen-bond donors (Lipinski definition) is 0. The number of carbonyl (C=O) groups is 1. The van der Waals surface area contributed by atoms with Crippen molar-refractivity contribution >= 4 is 5.97 Å². The highest BCUT2D eigenvalue weighted by molar-refractivity contribution is 5.65. The predicted octanol–water partition coefficient (Wildman–Crippen LogP) is 2.16. The molecule has 0 heterocycles. The molecule has 0 aliphatic carbocycles. The molecule has 3 nitrogen and oxygen atoms in total. The first-order chi connectivity index (χ1) is 6.09. The van der Waals surface area contributed by atoms with Crippen LogP contribution in [0.15, 0.2) is 18.2 Å². The van der Waals surface area contributed by atoms with Gasteiger partial charge in [0.15, 0.2) is 5.75 Å². The normalized spacial score (nSPS) is 9.46. The first kappa shape index (κ1) is 9.58. The zero-order valence-corrected chi connectivity index (χ0v) is 7.96. The van der Waals surface area contributed by atoms with E-state index in [0.29, 0.717) is 5.75 Å². The molecular formula is C10H12O3. The third kappa shape index (κ3) is 2.78. The van der Waals surface area contributed by atoms with Crippen molar-refractivity contribution in [2.45, 2.75) is 20.8 Å². The summed E-state index contributed by atoms with van der Waals surface area (Å²) in [5.74, 6) is 0.112. The number of rotatable bonds is 2. The first-order valence-electron chi connectivity index (χ1n) is 4.02. The van der Waals surface area contributed by atoms with Gasteiger partial charge in [-0.3, -0.25) is 9.78 Å². The van der Waals surface area contributed by atoms with Crippen LogP contribution in [0, 0.1) is 13.8 Å². The standard InChI is InChI=1S/C10H12O3/c1-7-4-5-10(8(2)6-7)13-12-9(3)11/h4-6H,1-3H3. The number of hydrogen-bond acceptors (Lipinski definition) is 3. The maximum Gasteiger partial charge on any atom is 0.352 e. The molecule has 0 unspecified atom stereocenters. The Morgan fingerprint density at radius 1 is 1.31 bits per heavy atom. The van der Waals surface area contributed by atoms with Gasteiger partial charge in [-0.05, 0) is 25.5 Å². The van der Waals surface area contributed by atoms with Crippen molar-refractivity contribution in [2.24, 2.45) is 0 Å². The van der Waals surface area contributed by atoms with Gasteiger partial charge in [-0.2, -0.15) is 0 Å². The van der Waals surface area contributed by atoms with Crippen molar-refractivity contribution in [3.05, 3.63) is 29.3 Å². The van der Waals surface area contributed by atoms with E-state index in [-0.39, 0.29) is 0 Å². The number of benzene rings is 1. The van der Waals surface area contributed by atoms with Crippen molar-refractivity contribution in [2.75, 3.05) is 0 Å². The summed E-state index contributed by atoms with van der Waals surface area (Å²) in [4.78, 5) is 19.7. The van der Waals surface area contributed by atoms with E-state index in [0.717, 1.165) is 11.1 Å². The van der Waals surface area contributed by atoms with Crippen LogP contribution in [-0.2, 0) is 9.68 Å². The maximum absolute atomic E-state index is 10.4. The molecule has 3 heteroatoms. The Morgan fingerprint density at radius 3 is 2.54 bits per heavy atom. The largest absolute Gasteiger partial charge is 0.352 e. The minimum absolute atomic E-state index is 0.458. The van der Waals surface area contributed by atoms with Crippen molar-refractivity contribution in [1.82, 2.24) is 0 Å². The summed E-state index contributed by atoms with van der Waals surface area (Å²) in [6, 6.07) is 5.62. The highest BCUT2D eigenvalue weighted by atomic mass is 17.2. The second kappa shape index (κ2) is 3.94. The Morgan fingerprint density at radius 2 is 2.00 bits per heavy atom. The Labute approximate surface area is 77.2 Å². The Kier molecular flexibility index (Phi) is 2.90. The van der Waals surface area contributed by atoms with Gasteiger partial charge in [-0.25, -0.2) is 4.79 Å². The van der Waals surface area contributed by atoms with Crippen LogP contribution in [0.1, 0.15) is 18.1 Å². The fraction of sp³-hybridized carbons (Fsp3) is 0.300. The van der Waals surface area contributed by atoms with E-state index in [4.69, 9.17) is 4.89 Å². The average molecular weight is 180 g/mol. The monoisotopic (exact) mass is 180 g/mol. The molecule has 0 amide bonds. The second-order valence-corrected chi connectivity index (χ2v) is 2.93. The van der Waals surface area contributed by atoms with Gasteiger partial charge in [0.1, 0.15) is 0 Å². The molecule has 0 saturated carbocycles. The lowest BCUT2D eigenvalue weighted by molar-refractivity contribution is -0.211. The van der Waals surface area contributed by atoms with E-state index in [1.54, 1.807) is 6.07 Å². The average Bonchev–Trinajstić information content (AvgIpc) is 2.02. The fourth-order valence-corrected chi connectivity index (χ4v) is 0.996. The van der Waals surface area contributed by atoms with Crippen LogP contribution in [0.2, 0.25) is 0 Å². The van der Waals surface area contributed by atoms with Gasteiger partial charge in [0, 0.05) is 6.92 Å². The van der Waals surface area contributed by atoms with Crippen molar-refractivity contribution in [1.29, 1.82) is 0 Å². The summed E-state index contributed by atoms with van der Waals surface area (Å²) in [5, 5.41) is 0. The summed E-state index contributed by atoms with van der Waals surface area (Å²) >= 11 is 0. The summed E-state index contributed by atoms with van der Waals surface area (Å²) in [6.07, 6.45) is 0. The summed E-state index contributed by atoms with van der Waals surface area (Å²) in [5.41, 5.74) is 2.09. The second-order valence-electron chi connectivity index (χ2n) is 2.93. The minimum atomic E-state index is -0.458. The molecule has 0 bridgehead atoms. The highest BCUT2D eigenvalue weighted by Crippen LogP contribution is 2.18. The van der Waals surface area contributed by atoms with Crippen LogP contribution < -0.4 is 4.89 Å². The highest BCUT2D eigenvalue weighted by Gasteiger charge is 2.01. The molecule has 1 aromatic rings. The lowest BCUT2D eigenvalue weighted by Gasteiger charge is -2.05. The van der Waals surface area contributed by atoms with Gasteiger partial charge < -0.3 is 0 Å². The van der Waals surface area contributed by atoms with E-state index in [9.17, 15) is 4.79 Å². The third-order valence-corrected chi connectivity index (χ3v) is 1.58.